The summed E-state index contributed by atoms with van der Waals surface area (Å²) in [6.45, 7) is 4.37. The molecule has 0 spiro atoms. The van der Waals surface area contributed by atoms with E-state index < -0.39 is 21.7 Å². The number of nitrogens with one attached hydrogen (secondary N) is 1. The van der Waals surface area contributed by atoms with Crippen LogP contribution in [0.2, 0.25) is 0 Å². The molecule has 0 unspecified atom stereocenters. The lowest BCUT2D eigenvalue weighted by molar-refractivity contribution is -0.118. The van der Waals surface area contributed by atoms with Crippen molar-refractivity contribution in [2.24, 2.45) is 0 Å². The van der Waals surface area contributed by atoms with Crippen molar-refractivity contribution in [1.82, 2.24) is 9.62 Å². The number of rotatable bonds is 8. The van der Waals surface area contributed by atoms with Crippen molar-refractivity contribution in [3.8, 4) is 5.75 Å². The third-order valence-electron chi connectivity index (χ3n) is 5.22. The highest BCUT2D eigenvalue weighted by molar-refractivity contribution is 7.89. The highest BCUT2D eigenvalue weighted by atomic mass is 32.2. The third-order valence-corrected chi connectivity index (χ3v) is 7.00. The zero-order valence-electron chi connectivity index (χ0n) is 17.5. The number of ether oxygens (including phenoxy) is 1. The number of benzene rings is 2. The molecule has 0 atom stereocenters. The first-order chi connectivity index (χ1) is 14.4. The molecular formula is C22H29N3O4S. The zero-order valence-corrected chi connectivity index (χ0v) is 18.3. The van der Waals surface area contributed by atoms with Gasteiger partial charge in [0, 0.05) is 38.4 Å². The van der Waals surface area contributed by atoms with Crippen LogP contribution in [-0.2, 0) is 21.2 Å². The Morgan fingerprint density at radius 3 is 2.50 bits per heavy atom. The molecule has 0 radical (unpaired) electrons. The average Bonchev–Trinajstić information content (AvgIpc) is 2.74. The predicted molar refractivity (Wildman–Crippen MR) is 118 cm³/mol. The van der Waals surface area contributed by atoms with Crippen LogP contribution in [0.1, 0.15) is 11.1 Å². The van der Waals surface area contributed by atoms with Crippen LogP contribution in [0.4, 0.5) is 5.69 Å². The van der Waals surface area contributed by atoms with Gasteiger partial charge in [0.05, 0.1) is 7.11 Å². The minimum Gasteiger partial charge on any atom is -0.496 e. The van der Waals surface area contributed by atoms with Crippen LogP contribution in [0.15, 0.2) is 48.5 Å². The maximum absolute atomic E-state index is 12.7. The molecule has 3 rings (SSSR count). The van der Waals surface area contributed by atoms with Gasteiger partial charge in [-0.05, 0) is 42.7 Å². The van der Waals surface area contributed by atoms with E-state index in [4.69, 9.17) is 4.74 Å². The van der Waals surface area contributed by atoms with E-state index in [-0.39, 0.29) is 0 Å². The molecule has 8 heteroatoms. The average molecular weight is 432 g/mol. The van der Waals surface area contributed by atoms with Crippen LogP contribution in [0, 0.1) is 6.92 Å². The van der Waals surface area contributed by atoms with E-state index in [0.29, 0.717) is 39.1 Å². The number of carbonyl (C=O) groups excluding carboxylic acids is 1. The van der Waals surface area contributed by atoms with Crippen molar-refractivity contribution in [2.75, 3.05) is 50.5 Å². The minimum atomic E-state index is -3.63. The van der Waals surface area contributed by atoms with E-state index in [1.54, 1.807) is 7.11 Å². The van der Waals surface area contributed by atoms with Gasteiger partial charge in [-0.2, -0.15) is 4.31 Å². The normalized spacial score (nSPS) is 15.1. The number of para-hydroxylation sites is 1. The molecule has 1 heterocycles. The molecule has 1 aliphatic rings. The van der Waals surface area contributed by atoms with Crippen molar-refractivity contribution >= 4 is 21.6 Å². The van der Waals surface area contributed by atoms with Crippen LogP contribution in [-0.4, -0.2) is 64.2 Å². The second kappa shape index (κ2) is 9.95. The van der Waals surface area contributed by atoms with E-state index in [0.717, 1.165) is 17.0 Å². The number of nitrogens with zero attached hydrogens (tertiary/aromatic N) is 2. The van der Waals surface area contributed by atoms with Crippen LogP contribution in [0.25, 0.3) is 0 Å². The zero-order chi connectivity index (χ0) is 21.6. The summed E-state index contributed by atoms with van der Waals surface area (Å²) in [5.74, 6) is -0.250. The van der Waals surface area contributed by atoms with Gasteiger partial charge < -0.3 is 15.0 Å². The van der Waals surface area contributed by atoms with Crippen LogP contribution < -0.4 is 15.0 Å². The van der Waals surface area contributed by atoms with E-state index in [1.165, 1.54) is 9.87 Å². The summed E-state index contributed by atoms with van der Waals surface area (Å²) in [4.78, 5) is 14.4. The van der Waals surface area contributed by atoms with Crippen molar-refractivity contribution in [1.29, 1.82) is 0 Å². The van der Waals surface area contributed by atoms with Crippen molar-refractivity contribution in [3.63, 3.8) is 0 Å². The number of amides is 1. The Hall–Kier alpha value is -2.58. The molecular weight excluding hydrogens is 402 g/mol. The number of methoxy groups -OCH3 is 1. The van der Waals surface area contributed by atoms with Gasteiger partial charge in [-0.3, -0.25) is 4.79 Å². The number of aryl methyl sites for hydroxylation is 1. The highest BCUT2D eigenvalue weighted by Crippen LogP contribution is 2.19. The Morgan fingerprint density at radius 2 is 1.80 bits per heavy atom. The van der Waals surface area contributed by atoms with Gasteiger partial charge in [0.25, 0.3) is 0 Å². The summed E-state index contributed by atoms with van der Waals surface area (Å²) in [6, 6.07) is 15.7. The first-order valence-electron chi connectivity index (χ1n) is 10.1. The van der Waals surface area contributed by atoms with Gasteiger partial charge in [0.2, 0.25) is 15.9 Å². The Morgan fingerprint density at radius 1 is 1.07 bits per heavy atom. The second-order valence-electron chi connectivity index (χ2n) is 7.39. The van der Waals surface area contributed by atoms with Crippen molar-refractivity contribution < 1.29 is 17.9 Å². The number of piperazine rings is 1. The number of hydrogen-bond donors (Lipinski definition) is 1. The number of hydrogen-bond acceptors (Lipinski definition) is 5. The number of carbonyl (C=O) groups is 1. The molecule has 1 N–H and O–H groups in total. The SMILES string of the molecule is COc1ccccc1CCNC(=O)CS(=O)(=O)N1CCN(c2cccc(C)c2)CC1. The first kappa shape index (κ1) is 22.1. The third kappa shape index (κ3) is 5.73. The maximum Gasteiger partial charge on any atom is 0.236 e. The Labute approximate surface area is 178 Å². The summed E-state index contributed by atoms with van der Waals surface area (Å²) < 4.78 is 32.0. The molecule has 0 saturated carbocycles. The fraction of sp³-hybridized carbons (Fsp3) is 0.409. The van der Waals surface area contributed by atoms with Gasteiger partial charge in [-0.15, -0.1) is 0 Å². The smallest absolute Gasteiger partial charge is 0.236 e. The molecule has 2 aromatic rings. The first-order valence-corrected chi connectivity index (χ1v) is 11.7. The lowest BCUT2D eigenvalue weighted by Gasteiger charge is -2.35. The van der Waals surface area contributed by atoms with Crippen LogP contribution in [0.5, 0.6) is 5.75 Å². The monoisotopic (exact) mass is 431 g/mol. The Balaban J connectivity index is 1.47. The Kier molecular flexibility index (Phi) is 7.33. The molecule has 1 amide bonds. The van der Waals surface area contributed by atoms with Crippen molar-refractivity contribution in [3.05, 3.63) is 59.7 Å². The number of anilines is 1. The molecule has 1 fully saturated rings. The fourth-order valence-corrected chi connectivity index (χ4v) is 4.94. The summed E-state index contributed by atoms with van der Waals surface area (Å²) in [6.07, 6.45) is 0.574. The highest BCUT2D eigenvalue weighted by Gasteiger charge is 2.29. The lowest BCUT2D eigenvalue weighted by atomic mass is 10.1. The van der Waals surface area contributed by atoms with Crippen LogP contribution >= 0.6 is 0 Å². The molecule has 0 aromatic heterocycles. The van der Waals surface area contributed by atoms with Gasteiger partial charge >= 0.3 is 0 Å². The number of sulfonamides is 1. The van der Waals surface area contributed by atoms with Gasteiger partial charge in [-0.1, -0.05) is 30.3 Å². The van der Waals surface area contributed by atoms with Crippen LogP contribution in [0.3, 0.4) is 0 Å². The molecule has 30 heavy (non-hydrogen) atoms. The Bertz CT molecular complexity index is 970. The molecule has 0 aliphatic carbocycles. The standard InChI is InChI=1S/C22H29N3O4S/c1-18-6-5-8-20(16-18)24-12-14-25(15-13-24)30(27,28)17-22(26)23-11-10-19-7-3-4-9-21(19)29-2/h3-9,16H,10-15,17H2,1-2H3,(H,23,26). The molecule has 2 aromatic carbocycles. The molecule has 1 aliphatic heterocycles. The fourth-order valence-electron chi connectivity index (χ4n) is 3.60. The topological polar surface area (TPSA) is 78.9 Å². The second-order valence-corrected chi connectivity index (χ2v) is 9.36. The maximum atomic E-state index is 12.7. The van der Waals surface area contributed by atoms with E-state index in [2.05, 4.69) is 16.3 Å². The summed E-state index contributed by atoms with van der Waals surface area (Å²) in [7, 11) is -2.03. The molecule has 7 nitrogen and oxygen atoms in total. The minimum absolute atomic E-state index is 0.357. The van der Waals surface area contributed by atoms with Crippen molar-refractivity contribution in [2.45, 2.75) is 13.3 Å². The quantitative estimate of drug-likeness (QED) is 0.690. The summed E-state index contributed by atoms with van der Waals surface area (Å²) in [5, 5.41) is 2.71. The summed E-state index contributed by atoms with van der Waals surface area (Å²) in [5.41, 5.74) is 3.24. The lowest BCUT2D eigenvalue weighted by Crippen LogP contribution is -2.50. The molecule has 0 bridgehead atoms. The molecule has 162 valence electrons. The predicted octanol–water partition coefficient (Wildman–Crippen LogP) is 1.81. The summed E-state index contributed by atoms with van der Waals surface area (Å²) >= 11 is 0. The largest absolute Gasteiger partial charge is 0.496 e. The van der Waals surface area contributed by atoms with E-state index in [9.17, 15) is 13.2 Å². The van der Waals surface area contributed by atoms with E-state index >= 15 is 0 Å². The van der Waals surface area contributed by atoms with Gasteiger partial charge in [0.1, 0.15) is 11.5 Å². The van der Waals surface area contributed by atoms with E-state index in [1.807, 2.05) is 49.4 Å². The van der Waals surface area contributed by atoms with Gasteiger partial charge in [-0.25, -0.2) is 8.42 Å². The molecule has 1 saturated heterocycles. The van der Waals surface area contributed by atoms with Gasteiger partial charge in [0.15, 0.2) is 0 Å².